The topological polar surface area (TPSA) is 81.0 Å². The number of nitrogens with one attached hydrogen (secondary N) is 1. The lowest BCUT2D eigenvalue weighted by molar-refractivity contribution is -0.131. The Morgan fingerprint density at radius 3 is 2.81 bits per heavy atom. The maximum absolute atomic E-state index is 12.6. The molecule has 1 aromatic heterocycles. The number of carbonyl (C=O) groups excluding carboxylic acids is 2. The van der Waals surface area contributed by atoms with E-state index in [1.807, 2.05) is 18.2 Å². The van der Waals surface area contributed by atoms with Crippen LogP contribution >= 0.6 is 0 Å². The van der Waals surface area contributed by atoms with Crippen LogP contribution in [0.5, 0.6) is 11.5 Å². The second-order valence-corrected chi connectivity index (χ2v) is 6.01. The Labute approximate surface area is 151 Å². The molecule has 0 bridgehead atoms. The first-order valence-electron chi connectivity index (χ1n) is 8.47. The molecule has 0 aliphatic carbocycles. The summed E-state index contributed by atoms with van der Waals surface area (Å²) >= 11 is 0. The Morgan fingerprint density at radius 2 is 2.12 bits per heavy atom. The number of ether oxygens (including phenoxy) is 2. The molecule has 3 rings (SSSR count). The second kappa shape index (κ2) is 7.95. The molecule has 1 atom stereocenters. The van der Waals surface area contributed by atoms with Gasteiger partial charge in [-0.15, -0.1) is 0 Å². The van der Waals surface area contributed by atoms with Gasteiger partial charge < -0.3 is 24.1 Å². The highest BCUT2D eigenvalue weighted by molar-refractivity contribution is 5.94. The molecule has 1 aliphatic rings. The zero-order valence-corrected chi connectivity index (χ0v) is 14.9. The molecule has 1 aliphatic heterocycles. The number of nitrogens with zero attached hydrogens (tertiary/aromatic N) is 1. The molecule has 2 heterocycles. The molecular formula is C19H22N2O5. The molecule has 0 radical (unpaired) electrons. The largest absolute Gasteiger partial charge is 0.497 e. The zero-order valence-electron chi connectivity index (χ0n) is 14.9. The third-order valence-corrected chi connectivity index (χ3v) is 4.52. The first-order chi connectivity index (χ1) is 12.6. The number of likely N-dealkylation sites (tertiary alicyclic amines) is 1. The predicted molar refractivity (Wildman–Crippen MR) is 94.3 cm³/mol. The Kier molecular flexibility index (Phi) is 5.46. The van der Waals surface area contributed by atoms with E-state index in [-0.39, 0.29) is 24.3 Å². The second-order valence-electron chi connectivity index (χ2n) is 6.01. The van der Waals surface area contributed by atoms with Gasteiger partial charge in [0.25, 0.3) is 5.91 Å². The molecule has 7 nitrogen and oxygen atoms in total. The molecule has 0 spiro atoms. The number of benzene rings is 1. The van der Waals surface area contributed by atoms with Crippen LogP contribution in [0.4, 0.5) is 0 Å². The minimum Gasteiger partial charge on any atom is -0.497 e. The molecule has 1 aromatic carbocycles. The molecular weight excluding hydrogens is 336 g/mol. The maximum atomic E-state index is 12.6. The highest BCUT2D eigenvalue weighted by Crippen LogP contribution is 2.38. The van der Waals surface area contributed by atoms with Gasteiger partial charge in [0.15, 0.2) is 5.76 Å². The Morgan fingerprint density at radius 1 is 1.27 bits per heavy atom. The van der Waals surface area contributed by atoms with Crippen LogP contribution in [0.2, 0.25) is 0 Å². The molecule has 1 N–H and O–H groups in total. The maximum Gasteiger partial charge on any atom is 0.287 e. The number of rotatable bonds is 6. The van der Waals surface area contributed by atoms with Crippen molar-refractivity contribution in [1.82, 2.24) is 10.2 Å². The fourth-order valence-corrected chi connectivity index (χ4v) is 3.23. The third-order valence-electron chi connectivity index (χ3n) is 4.52. The molecule has 1 unspecified atom stereocenters. The van der Waals surface area contributed by atoms with E-state index in [4.69, 9.17) is 13.9 Å². The van der Waals surface area contributed by atoms with E-state index in [0.29, 0.717) is 18.0 Å². The Hall–Kier alpha value is -2.96. The summed E-state index contributed by atoms with van der Waals surface area (Å²) in [6.07, 6.45) is 3.17. The van der Waals surface area contributed by atoms with Gasteiger partial charge in [0.1, 0.15) is 11.5 Å². The van der Waals surface area contributed by atoms with E-state index in [2.05, 4.69) is 5.32 Å². The van der Waals surface area contributed by atoms with Crippen molar-refractivity contribution in [2.24, 2.45) is 0 Å². The van der Waals surface area contributed by atoms with Crippen LogP contribution in [0.1, 0.15) is 35.0 Å². The Bertz CT molecular complexity index is 772. The number of hydrogen-bond acceptors (Lipinski definition) is 5. The summed E-state index contributed by atoms with van der Waals surface area (Å²) in [6, 6.07) is 8.70. The van der Waals surface area contributed by atoms with Crippen molar-refractivity contribution < 1.29 is 23.5 Å². The normalized spacial score (nSPS) is 16.4. The summed E-state index contributed by atoms with van der Waals surface area (Å²) in [5, 5.41) is 2.61. The minimum atomic E-state index is -0.402. The average Bonchev–Trinajstić information content (AvgIpc) is 3.37. The van der Waals surface area contributed by atoms with Gasteiger partial charge in [0, 0.05) is 18.2 Å². The van der Waals surface area contributed by atoms with Crippen molar-refractivity contribution in [1.29, 1.82) is 0 Å². The summed E-state index contributed by atoms with van der Waals surface area (Å²) in [4.78, 5) is 26.4. The van der Waals surface area contributed by atoms with Crippen molar-refractivity contribution in [2.75, 3.05) is 27.3 Å². The highest BCUT2D eigenvalue weighted by atomic mass is 16.5. The fourth-order valence-electron chi connectivity index (χ4n) is 3.23. The quantitative estimate of drug-likeness (QED) is 0.857. The number of amides is 2. The van der Waals surface area contributed by atoms with Gasteiger partial charge >= 0.3 is 0 Å². The van der Waals surface area contributed by atoms with E-state index in [9.17, 15) is 9.59 Å². The summed E-state index contributed by atoms with van der Waals surface area (Å²) in [5.74, 6) is 1.04. The molecule has 0 saturated carbocycles. The number of hydrogen-bond donors (Lipinski definition) is 1. The van der Waals surface area contributed by atoms with E-state index in [0.717, 1.165) is 18.4 Å². The van der Waals surface area contributed by atoms with Crippen molar-refractivity contribution >= 4 is 11.8 Å². The predicted octanol–water partition coefficient (Wildman–Crippen LogP) is 2.39. The smallest absolute Gasteiger partial charge is 0.287 e. The van der Waals surface area contributed by atoms with E-state index >= 15 is 0 Å². The monoisotopic (exact) mass is 358 g/mol. The standard InChI is InChI=1S/C19H22N2O5/c1-24-13-7-8-14(17(11-13)25-2)15-5-3-9-21(15)18(22)12-20-19(23)16-6-4-10-26-16/h4,6-8,10-11,15H,3,5,9,12H2,1-2H3,(H,20,23). The molecule has 26 heavy (non-hydrogen) atoms. The summed E-state index contributed by atoms with van der Waals surface area (Å²) in [7, 11) is 3.20. The SMILES string of the molecule is COc1ccc(C2CCCN2C(=O)CNC(=O)c2ccco2)c(OC)c1. The molecule has 2 aromatic rings. The van der Waals surface area contributed by atoms with Crippen molar-refractivity contribution in [3.8, 4) is 11.5 Å². The van der Waals surface area contributed by atoms with Crippen LogP contribution < -0.4 is 14.8 Å². The first kappa shape index (κ1) is 17.8. The lowest BCUT2D eigenvalue weighted by Crippen LogP contribution is -2.39. The Balaban J connectivity index is 1.69. The van der Waals surface area contributed by atoms with E-state index in [1.54, 1.807) is 31.3 Å². The van der Waals surface area contributed by atoms with Gasteiger partial charge in [-0.25, -0.2) is 0 Å². The summed E-state index contributed by atoms with van der Waals surface area (Å²) < 4.78 is 15.7. The molecule has 1 saturated heterocycles. The van der Waals surface area contributed by atoms with Gasteiger partial charge in [0.2, 0.25) is 5.91 Å². The van der Waals surface area contributed by atoms with Crippen LogP contribution in [-0.2, 0) is 4.79 Å². The van der Waals surface area contributed by atoms with E-state index in [1.165, 1.54) is 6.26 Å². The van der Waals surface area contributed by atoms with Crippen LogP contribution in [0.25, 0.3) is 0 Å². The number of furan rings is 1. The van der Waals surface area contributed by atoms with Crippen molar-refractivity contribution in [3.05, 3.63) is 47.9 Å². The molecule has 138 valence electrons. The third kappa shape index (κ3) is 3.66. The van der Waals surface area contributed by atoms with Gasteiger partial charge in [-0.3, -0.25) is 9.59 Å². The van der Waals surface area contributed by atoms with Gasteiger partial charge in [0.05, 0.1) is 33.1 Å². The van der Waals surface area contributed by atoms with Crippen LogP contribution in [0.15, 0.2) is 41.0 Å². The van der Waals surface area contributed by atoms with Gasteiger partial charge in [-0.2, -0.15) is 0 Å². The van der Waals surface area contributed by atoms with Gasteiger partial charge in [-0.1, -0.05) is 0 Å². The fraction of sp³-hybridized carbons (Fsp3) is 0.368. The van der Waals surface area contributed by atoms with Crippen LogP contribution in [-0.4, -0.2) is 44.0 Å². The number of methoxy groups -OCH3 is 2. The minimum absolute atomic E-state index is 0.0749. The zero-order chi connectivity index (χ0) is 18.5. The number of carbonyl (C=O) groups is 2. The highest BCUT2D eigenvalue weighted by Gasteiger charge is 2.32. The summed E-state index contributed by atoms with van der Waals surface area (Å²) in [5.41, 5.74) is 0.941. The van der Waals surface area contributed by atoms with Crippen LogP contribution in [0, 0.1) is 0 Å². The van der Waals surface area contributed by atoms with E-state index < -0.39 is 5.91 Å². The molecule has 2 amide bonds. The molecule has 1 fully saturated rings. The lowest BCUT2D eigenvalue weighted by atomic mass is 10.0. The lowest BCUT2D eigenvalue weighted by Gasteiger charge is -2.26. The summed E-state index contributed by atoms with van der Waals surface area (Å²) in [6.45, 7) is 0.573. The first-order valence-corrected chi connectivity index (χ1v) is 8.47. The van der Waals surface area contributed by atoms with Crippen molar-refractivity contribution in [3.63, 3.8) is 0 Å². The van der Waals surface area contributed by atoms with Crippen LogP contribution in [0.3, 0.4) is 0 Å². The van der Waals surface area contributed by atoms with Crippen molar-refractivity contribution in [2.45, 2.75) is 18.9 Å². The van der Waals surface area contributed by atoms with Gasteiger partial charge in [-0.05, 0) is 37.1 Å². The molecule has 7 heteroatoms. The average molecular weight is 358 g/mol.